The van der Waals surface area contributed by atoms with E-state index in [4.69, 9.17) is 4.84 Å². The maximum Gasteiger partial charge on any atom is 0.262 e. The van der Waals surface area contributed by atoms with Crippen molar-refractivity contribution in [2.75, 3.05) is 5.32 Å². The van der Waals surface area contributed by atoms with Crippen LogP contribution < -0.4 is 10.2 Å². The molecule has 6 nitrogen and oxygen atoms in total. The van der Waals surface area contributed by atoms with Crippen molar-refractivity contribution in [3.8, 4) is 5.88 Å². The average Bonchev–Trinajstić information content (AvgIpc) is 2.70. The van der Waals surface area contributed by atoms with E-state index in [9.17, 15) is 13.6 Å². The molecule has 0 atom stereocenters. The number of carbonyl (C=O) groups excluding carboxylic acids is 1. The summed E-state index contributed by atoms with van der Waals surface area (Å²) in [6, 6.07) is 10.0. The number of rotatable bonds is 7. The molecule has 1 N–H and O–H groups in total. The lowest BCUT2D eigenvalue weighted by atomic mass is 10.1. The van der Waals surface area contributed by atoms with E-state index in [-0.39, 0.29) is 5.82 Å². The molecule has 0 fully saturated rings. The zero-order valence-electron chi connectivity index (χ0n) is 15.0. The van der Waals surface area contributed by atoms with Crippen LogP contribution in [0.4, 0.5) is 14.6 Å². The third kappa shape index (κ3) is 5.89. The summed E-state index contributed by atoms with van der Waals surface area (Å²) in [5, 5.41) is 6.22. The lowest BCUT2D eigenvalue weighted by Gasteiger charge is -2.07. The van der Waals surface area contributed by atoms with E-state index in [1.165, 1.54) is 6.07 Å². The van der Waals surface area contributed by atoms with Gasteiger partial charge in [-0.1, -0.05) is 17.3 Å². The highest BCUT2D eigenvalue weighted by Gasteiger charge is 2.17. The van der Waals surface area contributed by atoms with E-state index >= 15 is 0 Å². The minimum absolute atomic E-state index is 0.194. The fraction of sp³-hybridized carbons (Fsp3) is 0.100. The molecule has 0 spiro atoms. The lowest BCUT2D eigenvalue weighted by Crippen LogP contribution is -2.16. The number of oxime groups is 1. The van der Waals surface area contributed by atoms with Crippen LogP contribution in [-0.2, 0) is 6.42 Å². The molecule has 1 aromatic carbocycles. The molecule has 0 saturated heterocycles. The van der Waals surface area contributed by atoms with E-state index in [2.05, 4.69) is 36.4 Å². The molecule has 9 heteroatoms. The number of halogens is 3. The van der Waals surface area contributed by atoms with Gasteiger partial charge in [0.2, 0.25) is 5.88 Å². The van der Waals surface area contributed by atoms with Gasteiger partial charge in [-0.2, -0.15) is 0 Å². The highest BCUT2D eigenvalue weighted by atomic mass is 79.9. The molecular formula is C20H15BrF2N4O2. The first kappa shape index (κ1) is 20.5. The monoisotopic (exact) mass is 460 g/mol. The second-order valence-electron chi connectivity index (χ2n) is 5.84. The van der Waals surface area contributed by atoms with Gasteiger partial charge in [-0.15, -0.1) is 0 Å². The first-order chi connectivity index (χ1) is 14.0. The summed E-state index contributed by atoms with van der Waals surface area (Å²) in [5.41, 5.74) is 0.253. The largest absolute Gasteiger partial charge is 0.337 e. The topological polar surface area (TPSA) is 76.5 Å². The third-order valence-corrected chi connectivity index (χ3v) is 4.21. The Morgan fingerprint density at radius 1 is 1.10 bits per heavy atom. The van der Waals surface area contributed by atoms with Crippen molar-refractivity contribution >= 4 is 33.9 Å². The van der Waals surface area contributed by atoms with Gasteiger partial charge in [-0.25, -0.2) is 18.7 Å². The summed E-state index contributed by atoms with van der Waals surface area (Å²) in [6.45, 7) is 0. The number of nitrogens with one attached hydrogen (secondary N) is 1. The van der Waals surface area contributed by atoms with Crippen LogP contribution in [0.1, 0.15) is 22.3 Å². The standard InChI is InChI=1S/C20H15BrF2N4O2/c21-14-7-9-18(25-12-14)29-26-10-2-3-13-6-8-17(24-11-13)27-20(28)19-15(22)4-1-5-16(19)23/h1,4-12H,2-3H2,(H,24,27,28)/b26-10+. The summed E-state index contributed by atoms with van der Waals surface area (Å²) < 4.78 is 28.1. The Kier molecular flexibility index (Phi) is 6.96. The normalized spacial score (nSPS) is 10.9. The predicted octanol–water partition coefficient (Wildman–Crippen LogP) is 4.77. The van der Waals surface area contributed by atoms with Crippen LogP contribution in [0, 0.1) is 11.6 Å². The van der Waals surface area contributed by atoms with Crippen LogP contribution in [0.2, 0.25) is 0 Å². The van der Waals surface area contributed by atoms with Gasteiger partial charge >= 0.3 is 0 Å². The number of pyridine rings is 2. The minimum Gasteiger partial charge on any atom is -0.337 e. The van der Waals surface area contributed by atoms with Crippen molar-refractivity contribution in [2.45, 2.75) is 12.8 Å². The highest BCUT2D eigenvalue weighted by Crippen LogP contribution is 2.15. The summed E-state index contributed by atoms with van der Waals surface area (Å²) in [7, 11) is 0. The van der Waals surface area contributed by atoms with Crippen LogP contribution in [-0.4, -0.2) is 22.1 Å². The van der Waals surface area contributed by atoms with E-state index in [1.807, 2.05) is 0 Å². The maximum absolute atomic E-state index is 13.6. The number of anilines is 1. The number of aromatic nitrogens is 2. The molecule has 0 unspecified atom stereocenters. The van der Waals surface area contributed by atoms with Crippen LogP contribution in [0.3, 0.4) is 0 Å². The van der Waals surface area contributed by atoms with Gasteiger partial charge in [-0.05, 0) is 58.6 Å². The second-order valence-corrected chi connectivity index (χ2v) is 6.75. The van der Waals surface area contributed by atoms with Crippen LogP contribution in [0.25, 0.3) is 0 Å². The fourth-order valence-electron chi connectivity index (χ4n) is 2.33. The SMILES string of the molecule is O=C(Nc1ccc(CC/C=N/Oc2ccc(Br)cn2)cn1)c1c(F)cccc1F. The van der Waals surface area contributed by atoms with Crippen molar-refractivity contribution in [3.05, 3.63) is 82.1 Å². The number of carbonyl (C=O) groups is 1. The Morgan fingerprint density at radius 2 is 1.90 bits per heavy atom. The van der Waals surface area contributed by atoms with Crippen molar-refractivity contribution in [1.29, 1.82) is 0 Å². The average molecular weight is 461 g/mol. The maximum atomic E-state index is 13.6. The number of hydrogen-bond donors (Lipinski definition) is 1. The summed E-state index contributed by atoms with van der Waals surface area (Å²) in [6.07, 6.45) is 6.03. The van der Waals surface area contributed by atoms with E-state index in [1.54, 1.807) is 42.9 Å². The van der Waals surface area contributed by atoms with Crippen molar-refractivity contribution in [3.63, 3.8) is 0 Å². The van der Waals surface area contributed by atoms with Crippen molar-refractivity contribution in [1.82, 2.24) is 9.97 Å². The summed E-state index contributed by atoms with van der Waals surface area (Å²) in [4.78, 5) is 25.3. The third-order valence-electron chi connectivity index (χ3n) is 3.74. The molecule has 29 heavy (non-hydrogen) atoms. The van der Waals surface area contributed by atoms with Crippen molar-refractivity contribution in [2.24, 2.45) is 5.16 Å². The lowest BCUT2D eigenvalue weighted by molar-refractivity contribution is 0.101. The van der Waals surface area contributed by atoms with E-state index in [0.29, 0.717) is 18.7 Å². The van der Waals surface area contributed by atoms with Crippen LogP contribution in [0.15, 0.2) is 64.5 Å². The molecule has 148 valence electrons. The first-order valence-corrected chi connectivity index (χ1v) is 9.33. The molecule has 2 heterocycles. The molecule has 3 aromatic rings. The molecule has 0 saturated carbocycles. The molecule has 0 aliphatic heterocycles. The Hall–Kier alpha value is -3.20. The summed E-state index contributed by atoms with van der Waals surface area (Å²) >= 11 is 3.28. The Balaban J connectivity index is 1.49. The molecule has 3 rings (SSSR count). The summed E-state index contributed by atoms with van der Waals surface area (Å²) in [5.74, 6) is -2.18. The predicted molar refractivity (Wildman–Crippen MR) is 108 cm³/mol. The zero-order chi connectivity index (χ0) is 20.6. The fourth-order valence-corrected chi connectivity index (χ4v) is 2.57. The molecule has 1 amide bonds. The molecule has 0 bridgehead atoms. The number of aryl methyl sites for hydroxylation is 1. The van der Waals surface area contributed by atoms with Gasteiger partial charge in [-0.3, -0.25) is 4.79 Å². The van der Waals surface area contributed by atoms with Crippen molar-refractivity contribution < 1.29 is 18.4 Å². The van der Waals surface area contributed by atoms with Crippen LogP contribution in [0.5, 0.6) is 5.88 Å². The van der Waals surface area contributed by atoms with Gasteiger partial charge in [0.25, 0.3) is 5.91 Å². The van der Waals surface area contributed by atoms with Gasteiger partial charge in [0.1, 0.15) is 23.0 Å². The molecule has 0 aliphatic carbocycles. The van der Waals surface area contributed by atoms with Gasteiger partial charge < -0.3 is 10.2 Å². The first-order valence-electron chi connectivity index (χ1n) is 8.53. The Labute approximate surface area is 173 Å². The molecule has 0 aliphatic rings. The van der Waals surface area contributed by atoms with E-state index < -0.39 is 23.1 Å². The van der Waals surface area contributed by atoms with Gasteiger partial charge in [0.15, 0.2) is 0 Å². The molecular weight excluding hydrogens is 446 g/mol. The number of nitrogens with zero attached hydrogens (tertiary/aromatic N) is 3. The number of benzene rings is 1. The smallest absolute Gasteiger partial charge is 0.262 e. The number of hydrogen-bond acceptors (Lipinski definition) is 5. The quantitative estimate of drug-likeness (QED) is 0.407. The van der Waals surface area contributed by atoms with Gasteiger partial charge in [0.05, 0.1) is 0 Å². The Bertz CT molecular complexity index is 992. The zero-order valence-corrected chi connectivity index (χ0v) is 16.6. The molecule has 2 aromatic heterocycles. The van der Waals surface area contributed by atoms with E-state index in [0.717, 1.165) is 22.2 Å². The van der Waals surface area contributed by atoms with Crippen LogP contribution >= 0.6 is 15.9 Å². The number of amides is 1. The van der Waals surface area contributed by atoms with Gasteiger partial charge in [0, 0.05) is 29.1 Å². The Morgan fingerprint density at radius 3 is 2.55 bits per heavy atom. The molecule has 0 radical (unpaired) electrons. The minimum atomic E-state index is -0.932. The highest BCUT2D eigenvalue weighted by molar-refractivity contribution is 9.10. The second kappa shape index (κ2) is 9.83.